The molecule has 10 aliphatic rings. The van der Waals surface area contributed by atoms with E-state index in [0.717, 1.165) is 237 Å². The molecule has 0 bridgehead atoms. The minimum atomic E-state index is 0. The molecule has 0 heterocycles. The average molecular weight is 1570 g/mol. The number of hydrogen-bond donors (Lipinski definition) is 0. The second kappa shape index (κ2) is 39.8. The maximum atomic E-state index is 2.65. The summed E-state index contributed by atoms with van der Waals surface area (Å²) >= 11 is 0. The van der Waals surface area contributed by atoms with Crippen LogP contribution in [0.1, 0.15) is 515 Å². The van der Waals surface area contributed by atoms with Crippen molar-refractivity contribution in [1.82, 2.24) is 0 Å². The van der Waals surface area contributed by atoms with Gasteiger partial charge in [0.05, 0.1) is 0 Å². The van der Waals surface area contributed by atoms with E-state index in [1.165, 1.54) is 193 Å². The Balaban J connectivity index is 0.000000234. The molecule has 2 aromatic rings. The monoisotopic (exact) mass is 1570 g/mol. The van der Waals surface area contributed by atoms with Gasteiger partial charge in [-0.1, -0.05) is 384 Å². The summed E-state index contributed by atoms with van der Waals surface area (Å²) in [6.07, 6.45) is 43.4. The van der Waals surface area contributed by atoms with E-state index >= 15 is 0 Å². The van der Waals surface area contributed by atoms with Crippen LogP contribution in [0.4, 0.5) is 0 Å². The second-order valence-corrected chi connectivity index (χ2v) is 48.5. The Morgan fingerprint density at radius 2 is 0.297 bits per heavy atom. The van der Waals surface area contributed by atoms with Gasteiger partial charge in [-0.3, -0.25) is 0 Å². The van der Waals surface area contributed by atoms with Crippen LogP contribution in [-0.4, -0.2) is 0 Å². The van der Waals surface area contributed by atoms with Crippen LogP contribution in [0.25, 0.3) is 0 Å². The minimum absolute atomic E-state index is 0. The Kier molecular flexibility index (Phi) is 33.2. The van der Waals surface area contributed by atoms with Crippen molar-refractivity contribution < 1.29 is 16.5 Å². The van der Waals surface area contributed by atoms with Gasteiger partial charge in [-0.25, -0.2) is 0 Å². The first-order valence-corrected chi connectivity index (χ1v) is 50.7. The van der Waals surface area contributed by atoms with Crippen LogP contribution in [0.3, 0.4) is 0 Å². The Bertz CT molecular complexity index is 2410. The summed E-state index contributed by atoms with van der Waals surface area (Å²) in [4.78, 5) is 0. The van der Waals surface area contributed by atoms with E-state index in [2.05, 4.69) is 263 Å². The molecule has 0 spiro atoms. The SMILES string of the molecule is CC1CCC(C(C)C)C(c2c(C3CC(C)CCC3C(C)C)c(C3CC(C)CCC3C(C)C)[c-](C3CC(C)CCC3C(C)C)c2C2CC(C)CCC2C(C)C)C1.CC1CCC(C(C)C)C(c2c(C3CC(C)CCC3C(C)C)c(C3CC(C)CCC3C(C)C)[c-](C3CC(C)CCC3C(C)C)c2C2CC(C)CCC2C(C)C)C1.[Ni+2]. The van der Waals surface area contributed by atoms with Gasteiger partial charge in [0.1, 0.15) is 0 Å². The van der Waals surface area contributed by atoms with Crippen molar-refractivity contribution in [2.24, 2.45) is 178 Å². The molecule has 0 nitrogen and oxygen atoms in total. The standard InChI is InChI=1S/2C55H95.Ni/c2*1-31(2)41-21-16-36(11)26-46(41)51-52(47-27-37(12)17-22-42(47)32(3)4)54(49-29-39(14)19-24-44(49)34(7)8)55(50-30-40(15)20-25-45(50)35(9)10)53(51)48-28-38(13)18-23-43(48)33(5)6;/h2*31-50H,16-30H2,1-15H3;/q2*-1;+2. The predicted octanol–water partition coefficient (Wildman–Crippen LogP) is 34.6. The van der Waals surface area contributed by atoms with Crippen LogP contribution in [0.15, 0.2) is 0 Å². The average Bonchev–Trinajstić information content (AvgIpc) is 1.56. The molecule has 111 heavy (non-hydrogen) atoms. The van der Waals surface area contributed by atoms with E-state index in [0.29, 0.717) is 0 Å². The van der Waals surface area contributed by atoms with Crippen molar-refractivity contribution in [2.45, 2.75) is 460 Å². The van der Waals surface area contributed by atoms with Crippen molar-refractivity contribution in [3.05, 3.63) is 55.6 Å². The van der Waals surface area contributed by atoms with E-state index in [4.69, 9.17) is 0 Å². The van der Waals surface area contributed by atoms with Crippen molar-refractivity contribution in [3.8, 4) is 0 Å². The molecule has 1 heteroatoms. The smallest absolute Gasteiger partial charge is 0.188 e. The molecule has 0 N–H and O–H groups in total. The number of rotatable bonds is 20. The van der Waals surface area contributed by atoms with Gasteiger partial charge in [0.2, 0.25) is 0 Å². The maximum absolute atomic E-state index is 2.65. The second-order valence-electron chi connectivity index (χ2n) is 48.5. The first-order chi connectivity index (χ1) is 52.0. The van der Waals surface area contributed by atoms with Crippen LogP contribution in [0, 0.1) is 178 Å². The fourth-order valence-corrected chi connectivity index (χ4v) is 30.8. The van der Waals surface area contributed by atoms with Gasteiger partial charge >= 0.3 is 16.5 Å². The Morgan fingerprint density at radius 3 is 0.450 bits per heavy atom. The predicted molar refractivity (Wildman–Crippen MR) is 485 cm³/mol. The molecule has 0 aromatic heterocycles. The van der Waals surface area contributed by atoms with Crippen LogP contribution in [0.5, 0.6) is 0 Å². The Labute approximate surface area is 704 Å². The molecule has 12 rings (SSSR count). The van der Waals surface area contributed by atoms with Crippen molar-refractivity contribution in [2.75, 3.05) is 0 Å². The van der Waals surface area contributed by atoms with Crippen LogP contribution in [0.2, 0.25) is 0 Å². The minimum Gasteiger partial charge on any atom is -0.188 e. The zero-order valence-corrected chi connectivity index (χ0v) is 80.6. The maximum Gasteiger partial charge on any atom is 2.00 e. The summed E-state index contributed by atoms with van der Waals surface area (Å²) in [5.41, 5.74) is 20.8. The van der Waals surface area contributed by atoms with E-state index in [9.17, 15) is 0 Å². The third-order valence-electron chi connectivity index (χ3n) is 36.8. The third kappa shape index (κ3) is 20.2. The molecule has 0 aliphatic heterocycles. The van der Waals surface area contributed by atoms with Crippen molar-refractivity contribution >= 4 is 0 Å². The van der Waals surface area contributed by atoms with E-state index in [-0.39, 0.29) is 16.5 Å². The topological polar surface area (TPSA) is 0 Å². The van der Waals surface area contributed by atoms with Gasteiger partial charge in [0.15, 0.2) is 0 Å². The Morgan fingerprint density at radius 1 is 0.171 bits per heavy atom. The fourth-order valence-electron chi connectivity index (χ4n) is 30.8. The first kappa shape index (κ1) is 92.5. The molecule has 0 saturated heterocycles. The van der Waals surface area contributed by atoms with Gasteiger partial charge in [-0.2, -0.15) is 44.5 Å². The van der Waals surface area contributed by atoms with Crippen molar-refractivity contribution in [1.29, 1.82) is 0 Å². The molecule has 10 fully saturated rings. The molecule has 30 atom stereocenters. The van der Waals surface area contributed by atoms with Gasteiger partial charge in [-0.15, -0.1) is 11.1 Å². The summed E-state index contributed by atoms with van der Waals surface area (Å²) in [5, 5.41) is 0. The zero-order chi connectivity index (χ0) is 80.1. The molecule has 0 amide bonds. The molecule has 640 valence electrons. The zero-order valence-electron chi connectivity index (χ0n) is 79.6. The van der Waals surface area contributed by atoms with Crippen molar-refractivity contribution in [3.63, 3.8) is 0 Å². The largest absolute Gasteiger partial charge is 2.00 e. The third-order valence-corrected chi connectivity index (χ3v) is 36.8. The normalized spacial score (nSPS) is 40.5. The van der Waals surface area contributed by atoms with Gasteiger partial charge in [0, 0.05) is 0 Å². The molecular formula is C110H190Ni. The summed E-state index contributed by atoms with van der Waals surface area (Å²) < 4.78 is 0. The van der Waals surface area contributed by atoms with E-state index in [1.807, 2.05) is 0 Å². The summed E-state index contributed by atoms with van der Waals surface area (Å²) in [5.74, 6) is 31.7. The summed E-state index contributed by atoms with van der Waals surface area (Å²) in [6, 6.07) is 0. The molecule has 10 saturated carbocycles. The first-order valence-electron chi connectivity index (χ1n) is 50.7. The molecular weight excluding hydrogens is 1380 g/mol. The Hall–Kier alpha value is -0.806. The van der Waals surface area contributed by atoms with Crippen LogP contribution in [-0.2, 0) is 16.5 Å². The van der Waals surface area contributed by atoms with Gasteiger partial charge < -0.3 is 0 Å². The van der Waals surface area contributed by atoms with Gasteiger partial charge in [-0.05, 0) is 253 Å². The summed E-state index contributed by atoms with van der Waals surface area (Å²) in [7, 11) is 0. The molecule has 10 aliphatic carbocycles. The van der Waals surface area contributed by atoms with E-state index < -0.39 is 0 Å². The fraction of sp³-hybridized carbons (Fsp3) is 0.909. The quantitative estimate of drug-likeness (QED) is 0.0916. The van der Waals surface area contributed by atoms with Crippen LogP contribution < -0.4 is 0 Å². The molecule has 0 radical (unpaired) electrons. The van der Waals surface area contributed by atoms with Crippen LogP contribution >= 0.6 is 0 Å². The summed E-state index contributed by atoms with van der Waals surface area (Å²) in [6.45, 7) is 79.2. The molecule has 30 unspecified atom stereocenters. The molecule has 2 aromatic carbocycles. The number of hydrogen-bond acceptors (Lipinski definition) is 0. The van der Waals surface area contributed by atoms with E-state index in [1.54, 1.807) is 0 Å². The van der Waals surface area contributed by atoms with Gasteiger partial charge in [0.25, 0.3) is 0 Å².